The molecule has 0 fully saturated rings. The minimum Gasteiger partial charge on any atom is -0.388 e. The van der Waals surface area contributed by atoms with Gasteiger partial charge in [0.05, 0.1) is 18.0 Å². The fraction of sp³-hybridized carbons (Fsp3) is 0.500. The van der Waals surface area contributed by atoms with E-state index in [2.05, 4.69) is 15.3 Å². The molecular formula is C10H14ClN3O2. The van der Waals surface area contributed by atoms with Gasteiger partial charge in [0.25, 0.3) is 5.91 Å². The summed E-state index contributed by atoms with van der Waals surface area (Å²) in [6.45, 7) is 3.65. The smallest absolute Gasteiger partial charge is 0.271 e. The molecule has 1 aromatic rings. The lowest BCUT2D eigenvalue weighted by Crippen LogP contribution is -2.40. The number of carbonyl (C=O) groups is 1. The Morgan fingerprint density at radius 1 is 1.62 bits per heavy atom. The van der Waals surface area contributed by atoms with E-state index in [0.29, 0.717) is 6.42 Å². The normalized spacial score (nSPS) is 14.2. The topological polar surface area (TPSA) is 75.1 Å². The zero-order valence-corrected chi connectivity index (χ0v) is 9.95. The lowest BCUT2D eigenvalue weighted by molar-refractivity contribution is 0.0517. The molecule has 1 unspecified atom stereocenters. The molecule has 1 aromatic heterocycles. The van der Waals surface area contributed by atoms with E-state index < -0.39 is 11.5 Å². The summed E-state index contributed by atoms with van der Waals surface area (Å²) in [5, 5.41) is 12.4. The van der Waals surface area contributed by atoms with Crippen LogP contribution in [-0.2, 0) is 0 Å². The zero-order valence-electron chi connectivity index (χ0n) is 9.20. The molecule has 0 aliphatic heterocycles. The van der Waals surface area contributed by atoms with Gasteiger partial charge in [-0.1, -0.05) is 18.5 Å². The number of aromatic nitrogens is 2. The Morgan fingerprint density at radius 3 is 2.88 bits per heavy atom. The Kier molecular flexibility index (Phi) is 4.20. The van der Waals surface area contributed by atoms with Crippen molar-refractivity contribution in [2.75, 3.05) is 6.54 Å². The molecule has 5 nitrogen and oxygen atoms in total. The first-order chi connectivity index (χ1) is 7.44. The number of amides is 1. The van der Waals surface area contributed by atoms with Gasteiger partial charge < -0.3 is 10.4 Å². The van der Waals surface area contributed by atoms with Crippen molar-refractivity contribution in [3.05, 3.63) is 23.2 Å². The number of nitrogens with zero attached hydrogens (tertiary/aromatic N) is 2. The fourth-order valence-corrected chi connectivity index (χ4v) is 1.09. The molecule has 16 heavy (non-hydrogen) atoms. The standard InChI is InChI=1S/C10H14ClN3O2/c1-3-10(2,16)6-13-9(15)7-4-12-5-8(11)14-7/h4-5,16H,3,6H2,1-2H3,(H,13,15). The van der Waals surface area contributed by atoms with Gasteiger partial charge >= 0.3 is 0 Å². The predicted molar refractivity (Wildman–Crippen MR) is 60.3 cm³/mol. The van der Waals surface area contributed by atoms with Gasteiger partial charge in [0.2, 0.25) is 0 Å². The summed E-state index contributed by atoms with van der Waals surface area (Å²) in [5.41, 5.74) is -0.777. The van der Waals surface area contributed by atoms with E-state index in [0.717, 1.165) is 0 Å². The molecule has 6 heteroatoms. The summed E-state index contributed by atoms with van der Waals surface area (Å²) in [5.74, 6) is -0.399. The number of nitrogens with one attached hydrogen (secondary N) is 1. The van der Waals surface area contributed by atoms with Gasteiger partial charge in [-0.2, -0.15) is 0 Å². The van der Waals surface area contributed by atoms with Crippen LogP contribution in [0, 0.1) is 0 Å². The van der Waals surface area contributed by atoms with E-state index in [1.54, 1.807) is 6.92 Å². The Bertz CT molecular complexity index is 382. The molecular weight excluding hydrogens is 230 g/mol. The fourth-order valence-electron chi connectivity index (χ4n) is 0.938. The van der Waals surface area contributed by atoms with Gasteiger partial charge in [0.15, 0.2) is 0 Å². The minimum absolute atomic E-state index is 0.138. The molecule has 0 bridgehead atoms. The predicted octanol–water partition coefficient (Wildman–Crippen LogP) is 1.02. The van der Waals surface area contributed by atoms with Gasteiger partial charge in [-0.3, -0.25) is 9.78 Å². The number of rotatable bonds is 4. The monoisotopic (exact) mass is 243 g/mol. The number of halogens is 1. The molecule has 2 N–H and O–H groups in total. The highest BCUT2D eigenvalue weighted by Crippen LogP contribution is 2.07. The van der Waals surface area contributed by atoms with Gasteiger partial charge in [-0.25, -0.2) is 4.98 Å². The van der Waals surface area contributed by atoms with Crippen molar-refractivity contribution in [1.82, 2.24) is 15.3 Å². The second kappa shape index (κ2) is 5.23. The first-order valence-electron chi connectivity index (χ1n) is 4.93. The maximum absolute atomic E-state index is 11.6. The van der Waals surface area contributed by atoms with Crippen LogP contribution in [0.3, 0.4) is 0 Å². The summed E-state index contributed by atoms with van der Waals surface area (Å²) in [6.07, 6.45) is 3.22. The molecule has 0 aliphatic rings. The number of aliphatic hydroxyl groups is 1. The molecule has 0 saturated carbocycles. The van der Waals surface area contributed by atoms with Crippen LogP contribution < -0.4 is 5.32 Å². The molecule has 88 valence electrons. The van der Waals surface area contributed by atoms with Crippen molar-refractivity contribution in [2.24, 2.45) is 0 Å². The first-order valence-corrected chi connectivity index (χ1v) is 5.30. The number of hydrogen-bond acceptors (Lipinski definition) is 4. The largest absolute Gasteiger partial charge is 0.388 e. The number of hydrogen-bond donors (Lipinski definition) is 2. The van der Waals surface area contributed by atoms with Gasteiger partial charge in [0, 0.05) is 6.54 Å². The first kappa shape index (κ1) is 12.9. The third kappa shape index (κ3) is 3.75. The van der Waals surface area contributed by atoms with E-state index in [9.17, 15) is 9.90 Å². The lowest BCUT2D eigenvalue weighted by atomic mass is 10.0. The maximum Gasteiger partial charge on any atom is 0.271 e. The van der Waals surface area contributed by atoms with Crippen molar-refractivity contribution in [1.29, 1.82) is 0 Å². The van der Waals surface area contributed by atoms with Crippen molar-refractivity contribution in [3.8, 4) is 0 Å². The van der Waals surface area contributed by atoms with Gasteiger partial charge in [-0.05, 0) is 13.3 Å². The third-order valence-electron chi connectivity index (χ3n) is 2.23. The van der Waals surface area contributed by atoms with Crippen LogP contribution in [0.4, 0.5) is 0 Å². The quantitative estimate of drug-likeness (QED) is 0.828. The van der Waals surface area contributed by atoms with Crippen LogP contribution in [-0.4, -0.2) is 33.1 Å². The molecule has 0 saturated heterocycles. The number of carbonyl (C=O) groups excluding carboxylic acids is 1. The third-order valence-corrected chi connectivity index (χ3v) is 2.41. The highest BCUT2D eigenvalue weighted by molar-refractivity contribution is 6.29. The highest BCUT2D eigenvalue weighted by atomic mass is 35.5. The van der Waals surface area contributed by atoms with Crippen molar-refractivity contribution < 1.29 is 9.90 Å². The molecule has 0 radical (unpaired) electrons. The van der Waals surface area contributed by atoms with Crippen LogP contribution in [0.5, 0.6) is 0 Å². The minimum atomic E-state index is -0.915. The van der Waals surface area contributed by atoms with Crippen molar-refractivity contribution >= 4 is 17.5 Å². The average molecular weight is 244 g/mol. The van der Waals surface area contributed by atoms with Crippen LogP contribution in [0.1, 0.15) is 30.8 Å². The maximum atomic E-state index is 11.6. The second-order valence-corrected chi connectivity index (χ2v) is 4.15. The summed E-state index contributed by atoms with van der Waals surface area (Å²) in [7, 11) is 0. The molecule has 0 aliphatic carbocycles. The van der Waals surface area contributed by atoms with E-state index in [1.165, 1.54) is 12.4 Å². The van der Waals surface area contributed by atoms with E-state index in [-0.39, 0.29) is 17.4 Å². The van der Waals surface area contributed by atoms with E-state index in [1.807, 2.05) is 6.92 Å². The molecule has 0 aromatic carbocycles. The van der Waals surface area contributed by atoms with Crippen LogP contribution >= 0.6 is 11.6 Å². The Morgan fingerprint density at radius 2 is 2.31 bits per heavy atom. The molecule has 1 rings (SSSR count). The summed E-state index contributed by atoms with van der Waals surface area (Å²) in [4.78, 5) is 19.1. The van der Waals surface area contributed by atoms with Crippen molar-refractivity contribution in [3.63, 3.8) is 0 Å². The lowest BCUT2D eigenvalue weighted by Gasteiger charge is -2.21. The van der Waals surface area contributed by atoms with Crippen LogP contribution in [0.25, 0.3) is 0 Å². The Balaban J connectivity index is 2.60. The van der Waals surface area contributed by atoms with E-state index >= 15 is 0 Å². The SMILES string of the molecule is CCC(C)(O)CNC(=O)c1cncc(Cl)n1. The van der Waals surface area contributed by atoms with Crippen LogP contribution in [0.15, 0.2) is 12.4 Å². The summed E-state index contributed by atoms with van der Waals surface area (Å²) >= 11 is 5.60. The average Bonchev–Trinajstić information content (AvgIpc) is 2.26. The Hall–Kier alpha value is -1.20. The molecule has 1 atom stereocenters. The van der Waals surface area contributed by atoms with Crippen molar-refractivity contribution in [2.45, 2.75) is 25.9 Å². The van der Waals surface area contributed by atoms with Crippen LogP contribution in [0.2, 0.25) is 5.15 Å². The summed E-state index contributed by atoms with van der Waals surface area (Å²) < 4.78 is 0. The Labute approximate surface area is 98.9 Å². The van der Waals surface area contributed by atoms with Gasteiger partial charge in [0.1, 0.15) is 10.8 Å². The summed E-state index contributed by atoms with van der Waals surface area (Å²) in [6, 6.07) is 0. The molecule has 1 heterocycles. The van der Waals surface area contributed by atoms with E-state index in [4.69, 9.17) is 11.6 Å². The molecule has 1 amide bonds. The zero-order chi connectivity index (χ0) is 12.2. The highest BCUT2D eigenvalue weighted by Gasteiger charge is 2.19. The van der Waals surface area contributed by atoms with Gasteiger partial charge in [-0.15, -0.1) is 0 Å². The molecule has 0 spiro atoms. The second-order valence-electron chi connectivity index (χ2n) is 3.76.